The van der Waals surface area contributed by atoms with Crippen molar-refractivity contribution in [1.29, 1.82) is 0 Å². The number of hydrogen-bond acceptors (Lipinski definition) is 6. The number of nitrogens with one attached hydrogen (secondary N) is 1. The number of para-hydroxylation sites is 1. The molecule has 144 valence electrons. The first-order valence-corrected chi connectivity index (χ1v) is 10.2. The van der Waals surface area contributed by atoms with Gasteiger partial charge in [-0.25, -0.2) is 13.2 Å². The summed E-state index contributed by atoms with van der Waals surface area (Å²) < 4.78 is 35.6. The van der Waals surface area contributed by atoms with Crippen LogP contribution in [-0.4, -0.2) is 59.5 Å². The number of amides is 1. The fourth-order valence-corrected chi connectivity index (χ4v) is 3.70. The van der Waals surface area contributed by atoms with Crippen molar-refractivity contribution < 1.29 is 27.5 Å². The number of sulfonamides is 1. The molecule has 1 atom stereocenters. The standard InChI is InChI=1S/C17H24N2O6S/c1-24-17(21)14-7-3-4-8-15(14)19(26(2,22)23)10-9-16(20)18-12-13-6-5-11-25-13/h3-4,7-8,13H,5-6,9-12H2,1-2H3,(H,18,20). The Kier molecular flexibility index (Phi) is 6.98. The Bertz CT molecular complexity index is 743. The minimum atomic E-state index is -3.69. The van der Waals surface area contributed by atoms with Gasteiger partial charge in [0.2, 0.25) is 15.9 Å². The Morgan fingerprint density at radius 1 is 1.35 bits per heavy atom. The third-order valence-electron chi connectivity index (χ3n) is 4.07. The fraction of sp³-hybridized carbons (Fsp3) is 0.529. The first kappa shape index (κ1) is 20.2. The second-order valence-electron chi connectivity index (χ2n) is 6.03. The maximum atomic E-state index is 12.2. The van der Waals surface area contributed by atoms with Crippen molar-refractivity contribution in [1.82, 2.24) is 5.32 Å². The van der Waals surface area contributed by atoms with Crippen LogP contribution in [0.5, 0.6) is 0 Å². The Hall–Kier alpha value is -2.13. The molecular formula is C17H24N2O6S. The number of carbonyl (C=O) groups is 2. The van der Waals surface area contributed by atoms with Crippen molar-refractivity contribution in [3.8, 4) is 0 Å². The molecule has 0 bridgehead atoms. The van der Waals surface area contributed by atoms with Gasteiger partial charge in [-0.05, 0) is 25.0 Å². The smallest absolute Gasteiger partial charge is 0.340 e. The maximum absolute atomic E-state index is 12.2. The summed E-state index contributed by atoms with van der Waals surface area (Å²) in [6.07, 6.45) is 2.90. The topological polar surface area (TPSA) is 102 Å². The molecule has 1 saturated heterocycles. The second kappa shape index (κ2) is 9.00. The molecule has 1 heterocycles. The molecule has 1 amide bonds. The van der Waals surface area contributed by atoms with Gasteiger partial charge in [0.15, 0.2) is 0 Å². The molecule has 0 saturated carbocycles. The van der Waals surface area contributed by atoms with E-state index in [1.807, 2.05) is 0 Å². The molecule has 2 rings (SSSR count). The molecule has 0 spiro atoms. The van der Waals surface area contributed by atoms with E-state index in [-0.39, 0.29) is 36.2 Å². The zero-order chi connectivity index (χ0) is 19.2. The SMILES string of the molecule is COC(=O)c1ccccc1N(CCC(=O)NCC1CCCO1)S(C)(=O)=O. The van der Waals surface area contributed by atoms with E-state index in [9.17, 15) is 18.0 Å². The lowest BCUT2D eigenvalue weighted by Gasteiger charge is -2.24. The van der Waals surface area contributed by atoms with E-state index in [1.54, 1.807) is 12.1 Å². The average molecular weight is 384 g/mol. The van der Waals surface area contributed by atoms with Crippen molar-refractivity contribution in [2.45, 2.75) is 25.4 Å². The molecule has 1 aliphatic rings. The van der Waals surface area contributed by atoms with Gasteiger partial charge in [0.05, 0.1) is 30.7 Å². The molecule has 9 heteroatoms. The first-order valence-electron chi connectivity index (χ1n) is 8.36. The van der Waals surface area contributed by atoms with Crippen molar-refractivity contribution in [2.75, 3.05) is 37.4 Å². The van der Waals surface area contributed by atoms with E-state index >= 15 is 0 Å². The number of carbonyl (C=O) groups excluding carboxylic acids is 2. The number of esters is 1. The summed E-state index contributed by atoms with van der Waals surface area (Å²) in [7, 11) is -2.46. The lowest BCUT2D eigenvalue weighted by Crippen LogP contribution is -2.37. The van der Waals surface area contributed by atoms with E-state index in [0.717, 1.165) is 23.4 Å². The quantitative estimate of drug-likeness (QED) is 0.669. The van der Waals surface area contributed by atoms with Crippen LogP contribution in [0.25, 0.3) is 0 Å². The van der Waals surface area contributed by atoms with Crippen molar-refractivity contribution in [3.05, 3.63) is 29.8 Å². The summed E-state index contributed by atoms with van der Waals surface area (Å²) in [5.74, 6) is -0.915. The Balaban J connectivity index is 2.07. The fourth-order valence-electron chi connectivity index (χ4n) is 2.76. The minimum Gasteiger partial charge on any atom is -0.465 e. The number of ether oxygens (including phenoxy) is 2. The van der Waals surface area contributed by atoms with Crippen LogP contribution in [0.3, 0.4) is 0 Å². The summed E-state index contributed by atoms with van der Waals surface area (Å²) in [5, 5.41) is 2.75. The van der Waals surface area contributed by atoms with Gasteiger partial charge in [0, 0.05) is 26.1 Å². The molecule has 0 radical (unpaired) electrons. The highest BCUT2D eigenvalue weighted by molar-refractivity contribution is 7.92. The van der Waals surface area contributed by atoms with Gasteiger partial charge in [-0.2, -0.15) is 0 Å². The number of benzene rings is 1. The van der Waals surface area contributed by atoms with Crippen LogP contribution in [0, 0.1) is 0 Å². The van der Waals surface area contributed by atoms with Gasteiger partial charge in [0.1, 0.15) is 0 Å². The molecule has 8 nitrogen and oxygen atoms in total. The van der Waals surface area contributed by atoms with E-state index < -0.39 is 16.0 Å². The van der Waals surface area contributed by atoms with Crippen LogP contribution in [0.4, 0.5) is 5.69 Å². The predicted molar refractivity (Wildman–Crippen MR) is 96.6 cm³/mol. The van der Waals surface area contributed by atoms with Gasteiger partial charge in [-0.1, -0.05) is 12.1 Å². The van der Waals surface area contributed by atoms with Crippen LogP contribution >= 0.6 is 0 Å². The van der Waals surface area contributed by atoms with Gasteiger partial charge in [-0.15, -0.1) is 0 Å². The Morgan fingerprint density at radius 2 is 2.08 bits per heavy atom. The van der Waals surface area contributed by atoms with Crippen molar-refractivity contribution >= 4 is 27.6 Å². The summed E-state index contributed by atoms with van der Waals surface area (Å²) >= 11 is 0. The van der Waals surface area contributed by atoms with Crippen LogP contribution in [0.15, 0.2) is 24.3 Å². The number of methoxy groups -OCH3 is 1. The number of hydrogen-bond donors (Lipinski definition) is 1. The van der Waals surface area contributed by atoms with Crippen molar-refractivity contribution in [2.24, 2.45) is 0 Å². The highest BCUT2D eigenvalue weighted by Gasteiger charge is 2.24. The van der Waals surface area contributed by atoms with Crippen LogP contribution in [-0.2, 0) is 24.3 Å². The molecule has 1 aliphatic heterocycles. The van der Waals surface area contributed by atoms with Gasteiger partial charge in [-0.3, -0.25) is 9.10 Å². The van der Waals surface area contributed by atoms with Crippen LogP contribution in [0.2, 0.25) is 0 Å². The highest BCUT2D eigenvalue weighted by atomic mass is 32.2. The van der Waals surface area contributed by atoms with E-state index in [1.165, 1.54) is 19.2 Å². The molecule has 0 aromatic heterocycles. The zero-order valence-corrected chi connectivity index (χ0v) is 15.8. The second-order valence-corrected chi connectivity index (χ2v) is 7.94. The van der Waals surface area contributed by atoms with Gasteiger partial charge >= 0.3 is 5.97 Å². The molecular weight excluding hydrogens is 360 g/mol. The van der Waals surface area contributed by atoms with Crippen LogP contribution < -0.4 is 9.62 Å². The maximum Gasteiger partial charge on any atom is 0.340 e. The van der Waals surface area contributed by atoms with E-state index in [2.05, 4.69) is 5.32 Å². The molecule has 1 N–H and O–H groups in total. The van der Waals surface area contributed by atoms with Crippen molar-refractivity contribution in [3.63, 3.8) is 0 Å². The van der Waals surface area contributed by atoms with Crippen LogP contribution in [0.1, 0.15) is 29.6 Å². The summed E-state index contributed by atoms with van der Waals surface area (Å²) in [4.78, 5) is 24.0. The van der Waals surface area contributed by atoms with Gasteiger partial charge in [0.25, 0.3) is 0 Å². The normalized spacial score (nSPS) is 16.9. The Morgan fingerprint density at radius 3 is 2.69 bits per heavy atom. The average Bonchev–Trinajstić information content (AvgIpc) is 3.12. The molecule has 0 aliphatic carbocycles. The Labute approximate surface area is 153 Å². The molecule has 1 aromatic carbocycles. The number of nitrogens with zero attached hydrogens (tertiary/aromatic N) is 1. The number of anilines is 1. The summed E-state index contributed by atoms with van der Waals surface area (Å²) in [6.45, 7) is 1.04. The lowest BCUT2D eigenvalue weighted by atomic mass is 10.1. The molecule has 1 aromatic rings. The summed E-state index contributed by atoms with van der Waals surface area (Å²) in [6, 6.07) is 6.23. The first-order chi connectivity index (χ1) is 12.3. The lowest BCUT2D eigenvalue weighted by molar-refractivity contribution is -0.121. The molecule has 1 fully saturated rings. The van der Waals surface area contributed by atoms with Gasteiger partial charge < -0.3 is 14.8 Å². The molecule has 26 heavy (non-hydrogen) atoms. The number of rotatable bonds is 8. The zero-order valence-electron chi connectivity index (χ0n) is 14.9. The monoisotopic (exact) mass is 384 g/mol. The minimum absolute atomic E-state index is 0.0185. The highest BCUT2D eigenvalue weighted by Crippen LogP contribution is 2.24. The summed E-state index contributed by atoms with van der Waals surface area (Å²) in [5.41, 5.74) is 0.314. The van der Waals surface area contributed by atoms with E-state index in [4.69, 9.17) is 9.47 Å². The van der Waals surface area contributed by atoms with E-state index in [0.29, 0.717) is 13.2 Å². The predicted octanol–water partition coefficient (Wildman–Crippen LogP) is 0.925. The molecule has 1 unspecified atom stereocenters. The largest absolute Gasteiger partial charge is 0.465 e. The third-order valence-corrected chi connectivity index (χ3v) is 5.25. The third kappa shape index (κ3) is 5.43.